The minimum atomic E-state index is -2.49. The predicted octanol–water partition coefficient (Wildman–Crippen LogP) is -0.527. The van der Waals surface area contributed by atoms with E-state index in [2.05, 4.69) is 6.58 Å². The number of amides is 1. The van der Waals surface area contributed by atoms with Crippen molar-refractivity contribution in [3.05, 3.63) is 12.7 Å². The fourth-order valence-electron chi connectivity index (χ4n) is 0.266. The summed E-state index contributed by atoms with van der Waals surface area (Å²) < 4.78 is 21.1. The van der Waals surface area contributed by atoms with E-state index in [1.807, 2.05) is 0 Å². The second-order valence-corrected chi connectivity index (χ2v) is 1.93. The predicted molar refractivity (Wildman–Crippen MR) is 31.9 cm³/mol. The Hall–Kier alpha value is -0.680. The van der Waals surface area contributed by atoms with E-state index in [0.29, 0.717) is 0 Å². The molecular weight excluding hydrogens is 142 g/mol. The van der Waals surface area contributed by atoms with Crippen LogP contribution in [-0.2, 0) is 16.1 Å². The monoisotopic (exact) mass is 148 g/mol. The summed E-state index contributed by atoms with van der Waals surface area (Å²) in [6.45, 7) is 3.25. The lowest BCUT2D eigenvalue weighted by molar-refractivity contribution is -0.118. The number of carbonyl (C=O) groups excluding carboxylic acids is 1. The highest BCUT2D eigenvalue weighted by atomic mass is 32.2. The summed E-state index contributed by atoms with van der Waals surface area (Å²) in [5, 5.41) is 0. The van der Waals surface area contributed by atoms with Crippen molar-refractivity contribution in [3.63, 3.8) is 0 Å². The van der Waals surface area contributed by atoms with E-state index in [-0.39, 0.29) is 6.42 Å². The molecule has 0 heterocycles. The summed E-state index contributed by atoms with van der Waals surface area (Å²) in [5.41, 5.74) is 0. The number of rotatable bonds is 3. The summed E-state index contributed by atoms with van der Waals surface area (Å²) in [4.78, 5) is 10.3. The fourth-order valence-corrected chi connectivity index (χ4v) is 0.535. The summed E-state index contributed by atoms with van der Waals surface area (Å²) in [6, 6.07) is 0. The van der Waals surface area contributed by atoms with Gasteiger partial charge >= 0.3 is 0 Å². The van der Waals surface area contributed by atoms with Crippen LogP contribution in [0.25, 0.3) is 0 Å². The van der Waals surface area contributed by atoms with Gasteiger partial charge in [-0.2, -0.15) is 0 Å². The standard InChI is InChI=1S/C4H7NO3S/c1-2-3-4(6)5-9(7)8/h2H,1,3H2,(H,5,6)(H,7,8)/p-1. The van der Waals surface area contributed by atoms with Gasteiger partial charge in [-0.15, -0.1) is 6.58 Å². The van der Waals surface area contributed by atoms with Crippen LogP contribution in [0.1, 0.15) is 6.42 Å². The van der Waals surface area contributed by atoms with Gasteiger partial charge in [-0.05, 0) is 0 Å². The second kappa shape index (κ2) is 4.22. The maximum atomic E-state index is 10.3. The molecule has 1 N–H and O–H groups in total. The molecule has 0 saturated heterocycles. The maximum Gasteiger partial charge on any atom is 0.234 e. The third kappa shape index (κ3) is 5.19. The molecule has 0 rings (SSSR count). The number of hydrogen-bond acceptors (Lipinski definition) is 3. The van der Waals surface area contributed by atoms with Crippen LogP contribution in [0.15, 0.2) is 12.7 Å². The van der Waals surface area contributed by atoms with Crippen LogP contribution in [0.5, 0.6) is 0 Å². The molecule has 0 aliphatic carbocycles. The first-order valence-corrected chi connectivity index (χ1v) is 3.24. The highest BCUT2D eigenvalue weighted by Gasteiger charge is 1.93. The Balaban J connectivity index is 3.50. The van der Waals surface area contributed by atoms with Crippen LogP contribution >= 0.6 is 0 Å². The van der Waals surface area contributed by atoms with Crippen molar-refractivity contribution in [2.24, 2.45) is 0 Å². The molecule has 5 heteroatoms. The molecule has 1 unspecified atom stereocenters. The average molecular weight is 148 g/mol. The Morgan fingerprint density at radius 1 is 1.89 bits per heavy atom. The van der Waals surface area contributed by atoms with E-state index in [1.54, 1.807) is 4.72 Å². The van der Waals surface area contributed by atoms with Gasteiger partial charge in [0.2, 0.25) is 5.91 Å². The van der Waals surface area contributed by atoms with Gasteiger partial charge in [-0.25, -0.2) is 0 Å². The molecule has 0 aromatic rings. The lowest BCUT2D eigenvalue weighted by Gasteiger charge is -2.03. The Morgan fingerprint density at radius 3 is 2.78 bits per heavy atom. The van der Waals surface area contributed by atoms with Gasteiger partial charge in [0.25, 0.3) is 0 Å². The van der Waals surface area contributed by atoms with E-state index in [4.69, 9.17) is 0 Å². The van der Waals surface area contributed by atoms with E-state index in [1.165, 1.54) is 6.08 Å². The van der Waals surface area contributed by atoms with Crippen molar-refractivity contribution in [2.45, 2.75) is 6.42 Å². The van der Waals surface area contributed by atoms with Gasteiger partial charge in [-0.3, -0.25) is 13.7 Å². The van der Waals surface area contributed by atoms with Crippen molar-refractivity contribution >= 4 is 17.2 Å². The first-order valence-electron chi connectivity index (χ1n) is 2.16. The van der Waals surface area contributed by atoms with Crippen molar-refractivity contribution in [3.8, 4) is 0 Å². The lowest BCUT2D eigenvalue weighted by Crippen LogP contribution is -2.24. The van der Waals surface area contributed by atoms with E-state index < -0.39 is 17.2 Å². The van der Waals surface area contributed by atoms with Crippen LogP contribution in [0.2, 0.25) is 0 Å². The average Bonchev–Trinajstić information content (AvgIpc) is 1.63. The molecule has 0 aromatic carbocycles. The number of hydrogen-bond donors (Lipinski definition) is 1. The van der Waals surface area contributed by atoms with E-state index in [9.17, 15) is 13.6 Å². The molecule has 0 aromatic heterocycles. The summed E-state index contributed by atoms with van der Waals surface area (Å²) in [7, 11) is 0. The molecule has 0 saturated carbocycles. The maximum absolute atomic E-state index is 10.3. The molecule has 0 spiro atoms. The van der Waals surface area contributed by atoms with Crippen LogP contribution < -0.4 is 4.72 Å². The molecule has 0 aliphatic rings. The highest BCUT2D eigenvalue weighted by Crippen LogP contribution is 1.78. The highest BCUT2D eigenvalue weighted by molar-refractivity contribution is 7.77. The Kier molecular flexibility index (Phi) is 3.90. The third-order valence-electron chi connectivity index (χ3n) is 0.527. The van der Waals surface area contributed by atoms with Crippen molar-refractivity contribution in [2.75, 3.05) is 0 Å². The summed E-state index contributed by atoms with van der Waals surface area (Å²) in [5.74, 6) is -0.571. The minimum Gasteiger partial charge on any atom is -0.755 e. The van der Waals surface area contributed by atoms with Gasteiger partial charge in [0.05, 0.1) is 0 Å². The Bertz CT molecular complexity index is 145. The van der Waals surface area contributed by atoms with Crippen LogP contribution in [-0.4, -0.2) is 14.7 Å². The van der Waals surface area contributed by atoms with Gasteiger partial charge < -0.3 is 4.55 Å². The minimum absolute atomic E-state index is 0.0218. The normalized spacial score (nSPS) is 12.1. The number of carbonyl (C=O) groups is 1. The largest absolute Gasteiger partial charge is 0.755 e. The van der Waals surface area contributed by atoms with Crippen LogP contribution in [0.3, 0.4) is 0 Å². The van der Waals surface area contributed by atoms with Crippen molar-refractivity contribution in [1.82, 2.24) is 4.72 Å². The Morgan fingerprint density at radius 2 is 2.44 bits per heavy atom. The van der Waals surface area contributed by atoms with Gasteiger partial charge in [-0.1, -0.05) is 6.08 Å². The molecule has 9 heavy (non-hydrogen) atoms. The molecule has 0 radical (unpaired) electrons. The third-order valence-corrected chi connectivity index (χ3v) is 0.921. The molecule has 1 amide bonds. The van der Waals surface area contributed by atoms with Crippen LogP contribution in [0, 0.1) is 0 Å². The fraction of sp³-hybridized carbons (Fsp3) is 0.250. The molecule has 52 valence electrons. The molecule has 4 nitrogen and oxygen atoms in total. The van der Waals surface area contributed by atoms with E-state index in [0.717, 1.165) is 0 Å². The van der Waals surface area contributed by atoms with E-state index >= 15 is 0 Å². The zero-order valence-corrected chi connectivity index (χ0v) is 5.44. The first-order chi connectivity index (χ1) is 4.16. The lowest BCUT2D eigenvalue weighted by atomic mass is 10.4. The first kappa shape index (κ1) is 8.32. The summed E-state index contributed by atoms with van der Waals surface area (Å²) in [6.07, 6.45) is 1.34. The topological polar surface area (TPSA) is 69.2 Å². The van der Waals surface area contributed by atoms with Crippen molar-refractivity contribution in [1.29, 1.82) is 0 Å². The van der Waals surface area contributed by atoms with Crippen molar-refractivity contribution < 1.29 is 13.6 Å². The van der Waals surface area contributed by atoms with Crippen LogP contribution in [0.4, 0.5) is 0 Å². The Labute approximate surface area is 55.4 Å². The van der Waals surface area contributed by atoms with Gasteiger partial charge in [0, 0.05) is 17.7 Å². The smallest absolute Gasteiger partial charge is 0.234 e. The second-order valence-electron chi connectivity index (χ2n) is 1.25. The molecular formula is C4H6NO3S-. The zero-order chi connectivity index (χ0) is 7.28. The molecule has 1 atom stereocenters. The summed E-state index contributed by atoms with van der Waals surface area (Å²) >= 11 is -2.49. The van der Waals surface area contributed by atoms with Gasteiger partial charge in [0.15, 0.2) is 0 Å². The molecule has 0 fully saturated rings. The van der Waals surface area contributed by atoms with Gasteiger partial charge in [0.1, 0.15) is 0 Å². The molecule has 0 bridgehead atoms. The SMILES string of the molecule is C=CCC(=O)NS(=O)[O-]. The number of nitrogens with one attached hydrogen (secondary N) is 1. The molecule has 0 aliphatic heterocycles. The zero-order valence-electron chi connectivity index (χ0n) is 4.62. The quantitative estimate of drug-likeness (QED) is 0.432.